The van der Waals surface area contributed by atoms with Crippen molar-refractivity contribution in [2.75, 3.05) is 5.32 Å². The Bertz CT molecular complexity index is 1170. The molecule has 0 unspecified atom stereocenters. The first-order valence-corrected chi connectivity index (χ1v) is 11.6. The molecule has 0 aromatic heterocycles. The summed E-state index contributed by atoms with van der Waals surface area (Å²) in [5, 5.41) is 7.66. The van der Waals surface area contributed by atoms with Gasteiger partial charge < -0.3 is 10.1 Å². The molecule has 6 nitrogen and oxygen atoms in total. The SMILES string of the molecule is CCc1cccc(CC)c1NC(=O)C(=O)N/N=C\c1cccc(OCc2c(Cl)cccc2Cl)c1. The number of amides is 2. The molecule has 2 N–H and O–H groups in total. The maximum atomic E-state index is 12.4. The molecule has 0 radical (unpaired) electrons. The molecule has 0 aliphatic carbocycles. The summed E-state index contributed by atoms with van der Waals surface area (Å²) in [5.41, 5.74) is 6.25. The number of ether oxygens (including phenoxy) is 1. The molecule has 3 aromatic carbocycles. The van der Waals surface area contributed by atoms with Gasteiger partial charge in [-0.15, -0.1) is 0 Å². The number of anilines is 1. The summed E-state index contributed by atoms with van der Waals surface area (Å²) >= 11 is 12.4. The summed E-state index contributed by atoms with van der Waals surface area (Å²) in [6, 6.07) is 18.2. The van der Waals surface area contributed by atoms with Crippen LogP contribution in [0.1, 0.15) is 36.1 Å². The van der Waals surface area contributed by atoms with Crippen LogP contribution in [0.4, 0.5) is 5.69 Å². The van der Waals surface area contributed by atoms with E-state index < -0.39 is 11.8 Å². The second-order valence-corrected chi connectivity index (χ2v) is 8.19. The molecule has 176 valence electrons. The van der Waals surface area contributed by atoms with Crippen LogP contribution in [0.5, 0.6) is 5.75 Å². The number of halogens is 2. The maximum absolute atomic E-state index is 12.4. The van der Waals surface area contributed by atoms with Crippen molar-refractivity contribution < 1.29 is 14.3 Å². The van der Waals surface area contributed by atoms with E-state index >= 15 is 0 Å². The third-order valence-electron chi connectivity index (χ3n) is 5.13. The van der Waals surface area contributed by atoms with Crippen molar-refractivity contribution in [3.05, 3.63) is 93.0 Å². The van der Waals surface area contributed by atoms with Crippen molar-refractivity contribution >= 4 is 46.9 Å². The summed E-state index contributed by atoms with van der Waals surface area (Å²) in [4.78, 5) is 24.6. The number of para-hydroxylation sites is 1. The van der Waals surface area contributed by atoms with Gasteiger partial charge in [0.2, 0.25) is 0 Å². The molecule has 0 heterocycles. The Hall–Kier alpha value is -3.35. The van der Waals surface area contributed by atoms with Gasteiger partial charge >= 0.3 is 11.8 Å². The van der Waals surface area contributed by atoms with Crippen LogP contribution in [0.3, 0.4) is 0 Å². The predicted octanol–water partition coefficient (Wildman–Crippen LogP) is 5.79. The molecule has 0 atom stereocenters. The predicted molar refractivity (Wildman–Crippen MR) is 137 cm³/mol. The molecule has 0 aliphatic rings. The zero-order valence-corrected chi connectivity index (χ0v) is 20.4. The van der Waals surface area contributed by atoms with Crippen LogP contribution in [0, 0.1) is 0 Å². The highest BCUT2D eigenvalue weighted by molar-refractivity contribution is 6.39. The minimum absolute atomic E-state index is 0.203. The molecule has 0 fully saturated rings. The van der Waals surface area contributed by atoms with Gasteiger partial charge in [-0.3, -0.25) is 9.59 Å². The Morgan fingerprint density at radius 1 is 0.912 bits per heavy atom. The van der Waals surface area contributed by atoms with Crippen molar-refractivity contribution in [2.24, 2.45) is 5.10 Å². The Morgan fingerprint density at radius 2 is 1.53 bits per heavy atom. The molecule has 8 heteroatoms. The lowest BCUT2D eigenvalue weighted by molar-refractivity contribution is -0.136. The smallest absolute Gasteiger partial charge is 0.329 e. The largest absolute Gasteiger partial charge is 0.489 e. The molecule has 3 aromatic rings. The van der Waals surface area contributed by atoms with Crippen molar-refractivity contribution in [3.63, 3.8) is 0 Å². The average molecular weight is 498 g/mol. The summed E-state index contributed by atoms with van der Waals surface area (Å²) in [6.07, 6.45) is 2.91. The van der Waals surface area contributed by atoms with E-state index in [-0.39, 0.29) is 6.61 Å². The lowest BCUT2D eigenvalue weighted by Crippen LogP contribution is -2.33. The number of nitrogens with one attached hydrogen (secondary N) is 2. The lowest BCUT2D eigenvalue weighted by Gasteiger charge is -2.13. The fourth-order valence-corrected chi connectivity index (χ4v) is 3.81. The molecule has 0 bridgehead atoms. The monoisotopic (exact) mass is 497 g/mol. The first-order chi connectivity index (χ1) is 16.4. The van der Waals surface area contributed by atoms with E-state index in [0.29, 0.717) is 32.6 Å². The number of carbonyl (C=O) groups excluding carboxylic acids is 2. The fraction of sp³-hybridized carbons (Fsp3) is 0.192. The topological polar surface area (TPSA) is 79.8 Å². The number of hydrogen-bond donors (Lipinski definition) is 2. The average Bonchev–Trinajstić information content (AvgIpc) is 2.84. The minimum atomic E-state index is -0.857. The number of aryl methyl sites for hydroxylation is 2. The van der Waals surface area contributed by atoms with Crippen LogP contribution in [-0.4, -0.2) is 18.0 Å². The first-order valence-electron chi connectivity index (χ1n) is 10.8. The van der Waals surface area contributed by atoms with Crippen molar-refractivity contribution in [1.29, 1.82) is 0 Å². The molecular weight excluding hydrogens is 473 g/mol. The number of hydrogen-bond acceptors (Lipinski definition) is 4. The van der Waals surface area contributed by atoms with E-state index in [1.165, 1.54) is 6.21 Å². The fourth-order valence-electron chi connectivity index (χ4n) is 3.30. The molecule has 34 heavy (non-hydrogen) atoms. The van der Waals surface area contributed by atoms with Gasteiger partial charge in [-0.2, -0.15) is 5.10 Å². The number of benzene rings is 3. The number of rotatable bonds is 8. The third-order valence-corrected chi connectivity index (χ3v) is 5.83. The second-order valence-electron chi connectivity index (χ2n) is 7.37. The first kappa shape index (κ1) is 25.3. The van der Waals surface area contributed by atoms with Gasteiger partial charge in [-0.05, 0) is 53.8 Å². The van der Waals surface area contributed by atoms with Crippen LogP contribution in [-0.2, 0) is 29.0 Å². The number of nitrogens with zero attached hydrogens (tertiary/aromatic N) is 1. The molecular formula is C26H25Cl2N3O3. The van der Waals surface area contributed by atoms with Gasteiger partial charge in [0.1, 0.15) is 12.4 Å². The van der Waals surface area contributed by atoms with Crippen molar-refractivity contribution in [3.8, 4) is 5.75 Å². The summed E-state index contributed by atoms with van der Waals surface area (Å²) in [6.45, 7) is 4.19. The molecule has 3 rings (SSSR count). The second kappa shape index (κ2) is 12.2. The Balaban J connectivity index is 1.59. The van der Waals surface area contributed by atoms with Gasteiger partial charge in [0.15, 0.2) is 0 Å². The highest BCUT2D eigenvalue weighted by Gasteiger charge is 2.16. The summed E-state index contributed by atoms with van der Waals surface area (Å²) < 4.78 is 5.79. The van der Waals surface area contributed by atoms with Crippen molar-refractivity contribution in [1.82, 2.24) is 5.43 Å². The molecule has 0 saturated carbocycles. The Kier molecular flexibility index (Phi) is 9.08. The van der Waals surface area contributed by atoms with Crippen molar-refractivity contribution in [2.45, 2.75) is 33.3 Å². The highest BCUT2D eigenvalue weighted by Crippen LogP contribution is 2.26. The maximum Gasteiger partial charge on any atom is 0.329 e. The van der Waals surface area contributed by atoms with Gasteiger partial charge in [-0.25, -0.2) is 5.43 Å². The van der Waals surface area contributed by atoms with Crippen LogP contribution in [0.25, 0.3) is 0 Å². The van der Waals surface area contributed by atoms with E-state index in [4.69, 9.17) is 27.9 Å². The van der Waals surface area contributed by atoms with Crippen LogP contribution in [0.15, 0.2) is 65.8 Å². The highest BCUT2D eigenvalue weighted by atomic mass is 35.5. The summed E-state index contributed by atoms with van der Waals surface area (Å²) in [7, 11) is 0. The quantitative estimate of drug-likeness (QED) is 0.235. The van der Waals surface area contributed by atoms with Gasteiger partial charge in [0, 0.05) is 21.3 Å². The summed E-state index contributed by atoms with van der Waals surface area (Å²) in [5.74, 6) is -1.06. The van der Waals surface area contributed by atoms with E-state index in [2.05, 4.69) is 15.8 Å². The van der Waals surface area contributed by atoms with Gasteiger partial charge in [-0.1, -0.05) is 73.4 Å². The normalized spacial score (nSPS) is 10.8. The zero-order valence-electron chi connectivity index (χ0n) is 18.9. The number of hydrazone groups is 1. The van der Waals surface area contributed by atoms with E-state index in [9.17, 15) is 9.59 Å². The Morgan fingerprint density at radius 3 is 2.18 bits per heavy atom. The molecule has 0 saturated heterocycles. The molecule has 0 aliphatic heterocycles. The molecule has 0 spiro atoms. The Labute approximate surface area is 208 Å². The van der Waals surface area contributed by atoms with Crippen LogP contribution >= 0.6 is 23.2 Å². The number of carbonyl (C=O) groups is 2. The van der Waals surface area contributed by atoms with E-state index in [1.54, 1.807) is 42.5 Å². The molecule has 2 amide bonds. The van der Waals surface area contributed by atoms with Crippen LogP contribution in [0.2, 0.25) is 10.0 Å². The standard InChI is InChI=1S/C26H25Cl2N3O3/c1-3-18-9-6-10-19(4-2)24(18)30-25(32)26(33)31-29-15-17-8-5-11-20(14-17)34-16-21-22(27)12-7-13-23(21)28/h5-15H,3-4,16H2,1-2H3,(H,30,32)(H,31,33)/b29-15-. The zero-order chi connectivity index (χ0) is 24.5. The van der Waals surface area contributed by atoms with Gasteiger partial charge in [0.25, 0.3) is 0 Å². The van der Waals surface area contributed by atoms with E-state index in [0.717, 1.165) is 24.0 Å². The van der Waals surface area contributed by atoms with Gasteiger partial charge in [0.05, 0.1) is 6.21 Å². The minimum Gasteiger partial charge on any atom is -0.489 e. The lowest BCUT2D eigenvalue weighted by atomic mass is 10.0. The third kappa shape index (κ3) is 6.59. The van der Waals surface area contributed by atoms with Crippen LogP contribution < -0.4 is 15.5 Å². The van der Waals surface area contributed by atoms with E-state index in [1.807, 2.05) is 32.0 Å².